The molecule has 11 heteroatoms. The van der Waals surface area contributed by atoms with Crippen molar-refractivity contribution < 1.29 is 37.4 Å². The number of piperidine rings is 2. The molecule has 4 rings (SSSR count). The number of carbonyl (C=O) groups is 3. The molecule has 1 aromatic carbocycles. The number of hydrogen-bond donors (Lipinski definition) is 1. The topological polar surface area (TPSA) is 100 Å². The zero-order chi connectivity index (χ0) is 33.5. The van der Waals surface area contributed by atoms with Crippen molar-refractivity contribution in [3.63, 3.8) is 0 Å². The van der Waals surface area contributed by atoms with Crippen molar-refractivity contribution in [2.75, 3.05) is 26.2 Å². The van der Waals surface area contributed by atoms with Crippen molar-refractivity contribution in [3.8, 4) is 5.75 Å². The Labute approximate surface area is 269 Å². The Morgan fingerprint density at radius 1 is 1.00 bits per heavy atom. The summed E-state index contributed by atoms with van der Waals surface area (Å²) in [4.78, 5) is 45.9. The molecule has 2 saturated heterocycles. The number of carbonyl (C=O) groups excluding carboxylic acids is 2. The quantitative estimate of drug-likeness (QED) is 0.246. The number of para-hydroxylation sites is 1. The van der Waals surface area contributed by atoms with Crippen LogP contribution in [0.2, 0.25) is 0 Å². The molecule has 2 aliphatic rings. The second kappa shape index (κ2) is 15.3. The van der Waals surface area contributed by atoms with Crippen molar-refractivity contribution in [1.82, 2.24) is 14.8 Å². The van der Waals surface area contributed by atoms with E-state index in [9.17, 15) is 32.7 Å². The molecule has 2 amide bonds. The van der Waals surface area contributed by atoms with E-state index >= 15 is 0 Å². The lowest BCUT2D eigenvalue weighted by Gasteiger charge is -2.43. The fourth-order valence-corrected chi connectivity index (χ4v) is 6.74. The first-order valence-electron chi connectivity index (χ1n) is 16.4. The summed E-state index contributed by atoms with van der Waals surface area (Å²) < 4.78 is 47.3. The van der Waals surface area contributed by atoms with E-state index in [-0.39, 0.29) is 18.4 Å². The second-order valence-corrected chi connectivity index (χ2v) is 13.1. The molecular weight excluding hydrogens is 599 g/mol. The van der Waals surface area contributed by atoms with Gasteiger partial charge in [0.25, 0.3) is 5.91 Å². The van der Waals surface area contributed by atoms with Crippen LogP contribution in [-0.2, 0) is 15.8 Å². The van der Waals surface area contributed by atoms with Gasteiger partial charge >= 0.3 is 12.1 Å². The van der Waals surface area contributed by atoms with Crippen LogP contribution in [0.25, 0.3) is 0 Å². The maximum absolute atomic E-state index is 13.9. The Bertz CT molecular complexity index is 1360. The third-order valence-electron chi connectivity index (χ3n) is 9.46. The van der Waals surface area contributed by atoms with Crippen LogP contribution in [0.1, 0.15) is 106 Å². The molecule has 8 nitrogen and oxygen atoms in total. The molecule has 0 spiro atoms. The number of carboxylic acid groups (broad SMARTS) is 1. The second-order valence-electron chi connectivity index (χ2n) is 13.1. The van der Waals surface area contributed by atoms with E-state index in [1.54, 1.807) is 13.8 Å². The van der Waals surface area contributed by atoms with Crippen molar-refractivity contribution >= 4 is 17.8 Å². The summed E-state index contributed by atoms with van der Waals surface area (Å²) in [5, 5.41) is 9.32. The highest BCUT2D eigenvalue weighted by molar-refractivity contribution is 5.95. The van der Waals surface area contributed by atoms with Gasteiger partial charge in [-0.05, 0) is 94.9 Å². The predicted octanol–water partition coefficient (Wildman–Crippen LogP) is 7.19. The standard InChI is InChI=1S/C35H46F3N3O5/c1-4-11-28-26(13-10-20-41(28)32(43)30-27(35(36,37)38)14-9-19-39-30)31(42)40-21-16-24(17-22-40)25-12-5-6-15-29(25)46-23-8-7-18-34(2,3)33(44)45/h5-6,9,12,14-15,19,24,26,28H,4,7-8,10-11,13,16-18,20-23H2,1-3H3,(H,44,45). The predicted molar refractivity (Wildman–Crippen MR) is 167 cm³/mol. The molecular formula is C35H46F3N3O5. The number of likely N-dealkylation sites (tertiary alicyclic amines) is 2. The van der Waals surface area contributed by atoms with Gasteiger partial charge in [0.1, 0.15) is 11.4 Å². The van der Waals surface area contributed by atoms with E-state index in [1.807, 2.05) is 30.0 Å². The van der Waals surface area contributed by atoms with Crippen LogP contribution in [-0.4, -0.2) is 70.0 Å². The van der Waals surface area contributed by atoms with Gasteiger partial charge in [-0.25, -0.2) is 0 Å². The van der Waals surface area contributed by atoms with Gasteiger partial charge in [-0.15, -0.1) is 0 Å². The number of unbranched alkanes of at least 4 members (excludes halogenated alkanes) is 1. The van der Waals surface area contributed by atoms with Crippen molar-refractivity contribution in [2.24, 2.45) is 11.3 Å². The monoisotopic (exact) mass is 645 g/mol. The third-order valence-corrected chi connectivity index (χ3v) is 9.46. The average Bonchev–Trinajstić information content (AvgIpc) is 3.04. The van der Waals surface area contributed by atoms with Gasteiger partial charge in [-0.2, -0.15) is 13.2 Å². The number of aromatic nitrogens is 1. The zero-order valence-electron chi connectivity index (χ0n) is 27.0. The Kier molecular flexibility index (Phi) is 11.7. The molecule has 0 radical (unpaired) electrons. The van der Waals surface area contributed by atoms with Crippen LogP contribution < -0.4 is 4.74 Å². The molecule has 2 unspecified atom stereocenters. The molecule has 0 bridgehead atoms. The Morgan fingerprint density at radius 2 is 1.72 bits per heavy atom. The Hall–Kier alpha value is -3.63. The van der Waals surface area contributed by atoms with Crippen molar-refractivity contribution in [3.05, 3.63) is 59.4 Å². The fourth-order valence-electron chi connectivity index (χ4n) is 6.74. The molecule has 2 aliphatic heterocycles. The van der Waals surface area contributed by atoms with Crippen LogP contribution in [0, 0.1) is 11.3 Å². The summed E-state index contributed by atoms with van der Waals surface area (Å²) in [5.74, 6) is -1.09. The fraction of sp³-hybridized carbons (Fsp3) is 0.600. The highest BCUT2D eigenvalue weighted by Crippen LogP contribution is 2.38. The lowest BCUT2D eigenvalue weighted by molar-refractivity contribution is -0.147. The van der Waals surface area contributed by atoms with Crippen LogP contribution in [0.4, 0.5) is 13.2 Å². The molecule has 0 aliphatic carbocycles. The minimum absolute atomic E-state index is 0.0414. The van der Waals surface area contributed by atoms with Crippen LogP contribution in [0.3, 0.4) is 0 Å². The molecule has 0 saturated carbocycles. The van der Waals surface area contributed by atoms with Crippen LogP contribution in [0.15, 0.2) is 42.6 Å². The molecule has 2 aromatic rings. The summed E-state index contributed by atoms with van der Waals surface area (Å²) in [7, 11) is 0. The molecule has 2 fully saturated rings. The number of benzene rings is 1. The molecule has 1 N–H and O–H groups in total. The summed E-state index contributed by atoms with van der Waals surface area (Å²) >= 11 is 0. The Balaban J connectivity index is 1.38. The minimum atomic E-state index is -4.71. The van der Waals surface area contributed by atoms with Crippen molar-refractivity contribution in [1.29, 1.82) is 0 Å². The number of halogens is 3. The molecule has 252 valence electrons. The number of pyridine rings is 1. The van der Waals surface area contributed by atoms with E-state index in [4.69, 9.17) is 4.74 Å². The van der Waals surface area contributed by atoms with Gasteiger partial charge in [0.15, 0.2) is 0 Å². The van der Waals surface area contributed by atoms with E-state index in [0.29, 0.717) is 51.8 Å². The summed E-state index contributed by atoms with van der Waals surface area (Å²) in [5.41, 5.74) is -1.34. The lowest BCUT2D eigenvalue weighted by Crippen LogP contribution is -2.54. The summed E-state index contributed by atoms with van der Waals surface area (Å²) in [6, 6.07) is 9.46. The number of alkyl halides is 3. The average molecular weight is 646 g/mol. The number of rotatable bonds is 12. The van der Waals surface area contributed by atoms with E-state index in [2.05, 4.69) is 11.1 Å². The molecule has 3 heterocycles. The lowest BCUT2D eigenvalue weighted by atomic mass is 9.83. The van der Waals surface area contributed by atoms with Crippen LogP contribution >= 0.6 is 0 Å². The molecule has 2 atom stereocenters. The Morgan fingerprint density at radius 3 is 2.39 bits per heavy atom. The minimum Gasteiger partial charge on any atom is -0.493 e. The first-order chi connectivity index (χ1) is 21.8. The SMILES string of the molecule is CCCC1C(C(=O)N2CCC(c3ccccc3OCCCCC(C)(C)C(=O)O)CC2)CCCN1C(=O)c1ncccc1C(F)(F)F. The maximum atomic E-state index is 13.9. The molecule has 1 aromatic heterocycles. The first kappa shape index (κ1) is 35.2. The van der Waals surface area contributed by atoms with Gasteiger partial charge in [0.2, 0.25) is 5.91 Å². The number of amides is 2. The summed E-state index contributed by atoms with van der Waals surface area (Å²) in [6.45, 7) is 7.27. The first-order valence-corrected chi connectivity index (χ1v) is 16.4. The number of hydrogen-bond acceptors (Lipinski definition) is 5. The van der Waals surface area contributed by atoms with E-state index in [0.717, 1.165) is 43.1 Å². The smallest absolute Gasteiger partial charge is 0.418 e. The van der Waals surface area contributed by atoms with Gasteiger partial charge in [0.05, 0.1) is 23.5 Å². The van der Waals surface area contributed by atoms with Crippen LogP contribution in [0.5, 0.6) is 5.75 Å². The van der Waals surface area contributed by atoms with Gasteiger partial charge in [-0.3, -0.25) is 19.4 Å². The largest absolute Gasteiger partial charge is 0.493 e. The highest BCUT2D eigenvalue weighted by Gasteiger charge is 2.43. The number of carboxylic acids is 1. The van der Waals surface area contributed by atoms with Gasteiger partial charge in [-0.1, -0.05) is 31.5 Å². The third kappa shape index (κ3) is 8.39. The number of ether oxygens (including phenoxy) is 1. The highest BCUT2D eigenvalue weighted by atomic mass is 19.4. The van der Waals surface area contributed by atoms with E-state index < -0.39 is 46.7 Å². The normalized spacial score (nSPS) is 19.6. The number of aliphatic carboxylic acids is 1. The summed E-state index contributed by atoms with van der Waals surface area (Å²) in [6.07, 6.45) is 2.36. The van der Waals surface area contributed by atoms with Gasteiger partial charge < -0.3 is 19.6 Å². The van der Waals surface area contributed by atoms with E-state index in [1.165, 1.54) is 17.2 Å². The van der Waals surface area contributed by atoms with Gasteiger partial charge in [0, 0.05) is 31.9 Å². The molecule has 46 heavy (non-hydrogen) atoms. The zero-order valence-corrected chi connectivity index (χ0v) is 27.0. The van der Waals surface area contributed by atoms with Crippen molar-refractivity contribution in [2.45, 2.75) is 96.7 Å². The number of nitrogens with zero attached hydrogens (tertiary/aromatic N) is 3. The maximum Gasteiger partial charge on any atom is 0.418 e.